The Kier molecular flexibility index (Phi) is 4.44. The lowest BCUT2D eigenvalue weighted by Gasteiger charge is -2.32. The molecule has 2 heterocycles. The van der Waals surface area contributed by atoms with E-state index >= 15 is 0 Å². The van der Waals surface area contributed by atoms with E-state index < -0.39 is 0 Å². The number of aromatic nitrogens is 1. The second-order valence-electron chi connectivity index (χ2n) is 5.64. The highest BCUT2D eigenvalue weighted by molar-refractivity contribution is 5.94. The first-order chi connectivity index (χ1) is 10.7. The Morgan fingerprint density at radius 1 is 1.18 bits per heavy atom. The number of carbonyl (C=O) groups is 1. The van der Waals surface area contributed by atoms with Crippen LogP contribution in [-0.4, -0.2) is 37.0 Å². The van der Waals surface area contributed by atoms with Gasteiger partial charge in [-0.05, 0) is 18.2 Å². The SMILES string of the molecule is O=C(c1cccc(F)c1)N1CC[NH+](Cc2cc[nH+]cc2)CC1. The van der Waals surface area contributed by atoms with Crippen LogP contribution < -0.4 is 9.88 Å². The van der Waals surface area contributed by atoms with Gasteiger partial charge in [0, 0.05) is 23.3 Å². The molecule has 1 fully saturated rings. The van der Waals surface area contributed by atoms with Crippen molar-refractivity contribution in [2.45, 2.75) is 6.54 Å². The van der Waals surface area contributed by atoms with E-state index in [0.717, 1.165) is 19.6 Å². The molecular weight excluding hydrogens is 281 g/mol. The van der Waals surface area contributed by atoms with E-state index in [9.17, 15) is 9.18 Å². The van der Waals surface area contributed by atoms with Gasteiger partial charge in [0.05, 0.1) is 26.2 Å². The van der Waals surface area contributed by atoms with Crippen molar-refractivity contribution < 1.29 is 19.1 Å². The van der Waals surface area contributed by atoms with Crippen LogP contribution in [0.3, 0.4) is 0 Å². The quantitative estimate of drug-likeness (QED) is 0.863. The van der Waals surface area contributed by atoms with Gasteiger partial charge in [-0.25, -0.2) is 9.37 Å². The van der Waals surface area contributed by atoms with Gasteiger partial charge < -0.3 is 9.80 Å². The summed E-state index contributed by atoms with van der Waals surface area (Å²) in [4.78, 5) is 18.7. The van der Waals surface area contributed by atoms with Gasteiger partial charge in [0.1, 0.15) is 12.4 Å². The third kappa shape index (κ3) is 3.49. The molecule has 0 bridgehead atoms. The predicted molar refractivity (Wildman–Crippen MR) is 79.7 cm³/mol. The van der Waals surface area contributed by atoms with Crippen molar-refractivity contribution in [3.05, 3.63) is 65.7 Å². The van der Waals surface area contributed by atoms with Crippen LogP contribution in [-0.2, 0) is 6.54 Å². The van der Waals surface area contributed by atoms with Crippen molar-refractivity contribution in [3.63, 3.8) is 0 Å². The summed E-state index contributed by atoms with van der Waals surface area (Å²) in [6.07, 6.45) is 3.86. The van der Waals surface area contributed by atoms with Crippen LogP contribution in [0, 0.1) is 5.82 Å². The van der Waals surface area contributed by atoms with Crippen LogP contribution in [0.4, 0.5) is 4.39 Å². The summed E-state index contributed by atoms with van der Waals surface area (Å²) in [5.41, 5.74) is 1.72. The van der Waals surface area contributed by atoms with Crippen molar-refractivity contribution in [2.75, 3.05) is 26.2 Å². The molecule has 0 radical (unpaired) electrons. The van der Waals surface area contributed by atoms with E-state index in [0.29, 0.717) is 18.7 Å². The zero-order valence-corrected chi connectivity index (χ0v) is 12.4. The average molecular weight is 301 g/mol. The third-order valence-corrected chi connectivity index (χ3v) is 4.07. The van der Waals surface area contributed by atoms with E-state index in [2.05, 4.69) is 17.1 Å². The van der Waals surface area contributed by atoms with Crippen molar-refractivity contribution >= 4 is 5.91 Å². The Morgan fingerprint density at radius 3 is 2.59 bits per heavy atom. The molecule has 2 aromatic rings. The Bertz CT molecular complexity index is 639. The van der Waals surface area contributed by atoms with E-state index in [1.165, 1.54) is 22.6 Å². The predicted octanol–water partition coefficient (Wildman–Crippen LogP) is 0.181. The Balaban J connectivity index is 1.56. The lowest BCUT2D eigenvalue weighted by molar-refractivity contribution is -0.917. The molecule has 1 aromatic heterocycles. The molecule has 0 atom stereocenters. The number of halogens is 1. The fourth-order valence-electron chi connectivity index (χ4n) is 2.83. The number of piperazine rings is 1. The lowest BCUT2D eigenvalue weighted by Crippen LogP contribution is -3.13. The van der Waals surface area contributed by atoms with Crippen LogP contribution >= 0.6 is 0 Å². The molecule has 1 saturated heterocycles. The zero-order chi connectivity index (χ0) is 15.4. The highest BCUT2D eigenvalue weighted by Gasteiger charge is 2.24. The molecule has 1 aromatic carbocycles. The molecule has 5 heteroatoms. The molecule has 1 aliphatic rings. The highest BCUT2D eigenvalue weighted by Crippen LogP contribution is 2.07. The Hall–Kier alpha value is -2.27. The largest absolute Gasteiger partial charge is 0.328 e. The number of quaternary nitrogens is 1. The summed E-state index contributed by atoms with van der Waals surface area (Å²) in [6.45, 7) is 4.23. The van der Waals surface area contributed by atoms with Gasteiger partial charge >= 0.3 is 0 Å². The molecule has 114 valence electrons. The number of carbonyl (C=O) groups excluding carboxylic acids is 1. The second-order valence-corrected chi connectivity index (χ2v) is 5.64. The van der Waals surface area contributed by atoms with Crippen LogP contribution in [0.25, 0.3) is 0 Å². The van der Waals surface area contributed by atoms with E-state index in [1.54, 1.807) is 12.1 Å². The smallest absolute Gasteiger partial charge is 0.254 e. The summed E-state index contributed by atoms with van der Waals surface area (Å²) < 4.78 is 13.2. The molecule has 4 nitrogen and oxygen atoms in total. The third-order valence-electron chi connectivity index (χ3n) is 4.07. The summed E-state index contributed by atoms with van der Waals surface area (Å²) in [5.74, 6) is -0.441. The normalized spacial score (nSPS) is 15.8. The number of pyridine rings is 1. The molecular formula is C17H20FN3O+2. The molecule has 1 amide bonds. The van der Waals surface area contributed by atoms with Crippen molar-refractivity contribution in [2.24, 2.45) is 0 Å². The van der Waals surface area contributed by atoms with Crippen LogP contribution in [0.1, 0.15) is 15.9 Å². The van der Waals surface area contributed by atoms with Gasteiger partial charge in [-0.15, -0.1) is 0 Å². The second kappa shape index (κ2) is 6.66. The number of hydrogen-bond acceptors (Lipinski definition) is 1. The number of hydrogen-bond donors (Lipinski definition) is 1. The van der Waals surface area contributed by atoms with Gasteiger partial charge in [-0.3, -0.25) is 4.79 Å². The van der Waals surface area contributed by atoms with Crippen molar-refractivity contribution in [1.82, 2.24) is 4.90 Å². The van der Waals surface area contributed by atoms with Crippen LogP contribution in [0.5, 0.6) is 0 Å². The molecule has 0 unspecified atom stereocenters. The van der Waals surface area contributed by atoms with E-state index in [1.807, 2.05) is 17.3 Å². The van der Waals surface area contributed by atoms with E-state index in [-0.39, 0.29) is 11.7 Å². The number of H-pyrrole nitrogens is 1. The maximum Gasteiger partial charge on any atom is 0.254 e. The molecule has 0 saturated carbocycles. The molecule has 0 aliphatic carbocycles. The van der Waals surface area contributed by atoms with E-state index in [4.69, 9.17) is 0 Å². The van der Waals surface area contributed by atoms with Crippen LogP contribution in [0.2, 0.25) is 0 Å². The summed E-state index contributed by atoms with van der Waals surface area (Å²) in [5, 5.41) is 0. The van der Waals surface area contributed by atoms with Gasteiger partial charge in [0.25, 0.3) is 5.91 Å². The minimum Gasteiger partial charge on any atom is -0.328 e. The molecule has 2 N–H and O–H groups in total. The number of benzene rings is 1. The highest BCUT2D eigenvalue weighted by atomic mass is 19.1. The maximum atomic E-state index is 13.2. The summed E-state index contributed by atoms with van der Waals surface area (Å²) >= 11 is 0. The first-order valence-electron chi connectivity index (χ1n) is 7.56. The molecule has 22 heavy (non-hydrogen) atoms. The maximum absolute atomic E-state index is 13.2. The van der Waals surface area contributed by atoms with Gasteiger partial charge in [0.15, 0.2) is 12.4 Å². The van der Waals surface area contributed by atoms with Gasteiger partial charge in [0.2, 0.25) is 0 Å². The standard InChI is InChI=1S/C17H18FN3O/c18-16-3-1-2-15(12-16)17(22)21-10-8-20(9-11-21)13-14-4-6-19-7-5-14/h1-7,12H,8-11,13H2/p+2. The lowest BCUT2D eigenvalue weighted by atomic mass is 10.1. The average Bonchev–Trinajstić information content (AvgIpc) is 2.56. The first kappa shape index (κ1) is 14.7. The Morgan fingerprint density at radius 2 is 1.91 bits per heavy atom. The molecule has 3 rings (SSSR count). The van der Waals surface area contributed by atoms with Gasteiger partial charge in [-0.1, -0.05) is 6.07 Å². The fourth-order valence-corrected chi connectivity index (χ4v) is 2.83. The summed E-state index contributed by atoms with van der Waals surface area (Å²) in [6, 6.07) is 10.1. The molecule has 1 aliphatic heterocycles. The minimum atomic E-state index is -0.365. The Labute approximate surface area is 129 Å². The monoisotopic (exact) mass is 301 g/mol. The molecule has 0 spiro atoms. The first-order valence-corrected chi connectivity index (χ1v) is 7.56. The van der Waals surface area contributed by atoms with Crippen LogP contribution in [0.15, 0.2) is 48.8 Å². The number of nitrogens with zero attached hydrogens (tertiary/aromatic N) is 1. The fraction of sp³-hybridized carbons (Fsp3) is 0.294. The number of amides is 1. The number of aromatic amines is 1. The minimum absolute atomic E-state index is 0.0761. The van der Waals surface area contributed by atoms with Gasteiger partial charge in [-0.2, -0.15) is 0 Å². The topological polar surface area (TPSA) is 38.9 Å². The van der Waals surface area contributed by atoms with Crippen molar-refractivity contribution in [3.8, 4) is 0 Å². The zero-order valence-electron chi connectivity index (χ0n) is 12.4. The summed E-state index contributed by atoms with van der Waals surface area (Å²) in [7, 11) is 0. The number of nitrogens with one attached hydrogen (secondary N) is 2. The number of rotatable bonds is 3. The van der Waals surface area contributed by atoms with Crippen molar-refractivity contribution in [1.29, 1.82) is 0 Å².